The predicted molar refractivity (Wildman–Crippen MR) is 101 cm³/mol. The maximum absolute atomic E-state index is 12.6. The molecular weight excluding hydrogens is 350 g/mol. The Kier molecular flexibility index (Phi) is 6.35. The number of ether oxygens (including phenoxy) is 1. The van der Waals surface area contributed by atoms with E-state index in [0.717, 1.165) is 36.2 Å². The van der Waals surface area contributed by atoms with Crippen LogP contribution >= 0.6 is 11.3 Å². The molecule has 1 aliphatic rings. The van der Waals surface area contributed by atoms with Gasteiger partial charge in [-0.1, -0.05) is 6.07 Å². The van der Waals surface area contributed by atoms with Crippen molar-refractivity contribution in [3.05, 3.63) is 40.7 Å². The molecule has 2 N–H and O–H groups in total. The third-order valence-electron chi connectivity index (χ3n) is 4.59. The predicted octanol–water partition coefficient (Wildman–Crippen LogP) is 2.53. The van der Waals surface area contributed by atoms with Crippen molar-refractivity contribution in [1.82, 2.24) is 15.6 Å². The van der Waals surface area contributed by atoms with Gasteiger partial charge in [0.25, 0.3) is 0 Å². The first kappa shape index (κ1) is 18.5. The largest absolute Gasteiger partial charge is 0.469 e. The summed E-state index contributed by atoms with van der Waals surface area (Å²) in [4.78, 5) is 28.9. The zero-order valence-corrected chi connectivity index (χ0v) is 15.6. The van der Waals surface area contributed by atoms with Crippen molar-refractivity contribution in [3.63, 3.8) is 0 Å². The first-order valence-electron chi connectivity index (χ1n) is 8.74. The van der Waals surface area contributed by atoms with Crippen LogP contribution in [-0.4, -0.2) is 37.1 Å². The average Bonchev–Trinajstić information content (AvgIpc) is 3.23. The van der Waals surface area contributed by atoms with Crippen molar-refractivity contribution in [2.75, 3.05) is 20.2 Å². The van der Waals surface area contributed by atoms with Crippen LogP contribution < -0.4 is 10.6 Å². The highest BCUT2D eigenvalue weighted by molar-refractivity contribution is 7.08. The Morgan fingerprint density at radius 1 is 1.42 bits per heavy atom. The van der Waals surface area contributed by atoms with Gasteiger partial charge in [0.05, 0.1) is 31.2 Å². The number of amides is 1. The monoisotopic (exact) mass is 373 g/mol. The van der Waals surface area contributed by atoms with E-state index in [1.165, 1.54) is 7.11 Å². The molecular formula is C19H23N3O3S. The lowest BCUT2D eigenvalue weighted by atomic mass is 9.97. The highest BCUT2D eigenvalue weighted by Crippen LogP contribution is 2.24. The third-order valence-corrected chi connectivity index (χ3v) is 5.27. The molecule has 138 valence electrons. The fourth-order valence-electron chi connectivity index (χ4n) is 3.06. The molecule has 2 atom stereocenters. The molecule has 26 heavy (non-hydrogen) atoms. The molecule has 1 amide bonds. The second kappa shape index (κ2) is 8.91. The van der Waals surface area contributed by atoms with Crippen LogP contribution in [0.15, 0.2) is 35.2 Å². The highest BCUT2D eigenvalue weighted by atomic mass is 32.1. The average molecular weight is 373 g/mol. The number of esters is 1. The van der Waals surface area contributed by atoms with Gasteiger partial charge in [-0.2, -0.15) is 11.3 Å². The Balaban J connectivity index is 1.74. The molecule has 0 aliphatic carbocycles. The summed E-state index contributed by atoms with van der Waals surface area (Å²) in [5.41, 5.74) is 2.73. The summed E-state index contributed by atoms with van der Waals surface area (Å²) in [7, 11) is 1.35. The smallest absolute Gasteiger partial charge is 0.307 e. The van der Waals surface area contributed by atoms with E-state index in [1.54, 1.807) is 17.5 Å². The summed E-state index contributed by atoms with van der Waals surface area (Å²) in [6.45, 7) is 1.62. The molecule has 0 unspecified atom stereocenters. The molecule has 0 saturated carbocycles. The number of pyridine rings is 1. The van der Waals surface area contributed by atoms with Gasteiger partial charge in [-0.3, -0.25) is 14.6 Å². The maximum Gasteiger partial charge on any atom is 0.307 e. The standard InChI is InChI=1S/C19H23N3O3S/c1-25-18(23)9-17(22-19(24)14-3-2-7-20-10-14)13-4-5-16(21-11-13)15-6-8-26-12-15/h4-6,8,11-12,14,17,20H,2-3,7,9-10H2,1H3,(H,22,24)/t14-,17+/m1/s1. The second-order valence-electron chi connectivity index (χ2n) is 6.37. The van der Waals surface area contributed by atoms with Gasteiger partial charge >= 0.3 is 5.97 Å². The fourth-order valence-corrected chi connectivity index (χ4v) is 3.71. The fraction of sp³-hybridized carbons (Fsp3) is 0.421. The zero-order valence-electron chi connectivity index (χ0n) is 14.7. The van der Waals surface area contributed by atoms with Crippen LogP contribution in [0.1, 0.15) is 30.9 Å². The van der Waals surface area contributed by atoms with E-state index in [0.29, 0.717) is 6.54 Å². The quantitative estimate of drug-likeness (QED) is 0.761. The summed E-state index contributed by atoms with van der Waals surface area (Å²) in [5, 5.41) is 10.3. The minimum atomic E-state index is -0.444. The van der Waals surface area contributed by atoms with E-state index < -0.39 is 6.04 Å². The van der Waals surface area contributed by atoms with E-state index in [2.05, 4.69) is 15.6 Å². The van der Waals surface area contributed by atoms with Crippen LogP contribution in [0.5, 0.6) is 0 Å². The van der Waals surface area contributed by atoms with Gasteiger partial charge in [0.2, 0.25) is 5.91 Å². The van der Waals surface area contributed by atoms with Crippen molar-refractivity contribution in [2.24, 2.45) is 5.92 Å². The zero-order chi connectivity index (χ0) is 18.4. The van der Waals surface area contributed by atoms with Crippen LogP contribution in [0.3, 0.4) is 0 Å². The second-order valence-corrected chi connectivity index (χ2v) is 7.15. The van der Waals surface area contributed by atoms with Gasteiger partial charge in [-0.05, 0) is 42.5 Å². The molecule has 0 spiro atoms. The molecule has 0 aromatic carbocycles. The molecule has 1 aliphatic heterocycles. The molecule has 3 rings (SSSR count). The molecule has 1 saturated heterocycles. The molecule has 7 heteroatoms. The Morgan fingerprint density at radius 2 is 2.31 bits per heavy atom. The van der Waals surface area contributed by atoms with Gasteiger partial charge in [0, 0.05) is 23.7 Å². The van der Waals surface area contributed by atoms with Crippen LogP contribution in [0.4, 0.5) is 0 Å². The molecule has 0 bridgehead atoms. The van der Waals surface area contributed by atoms with Gasteiger partial charge < -0.3 is 15.4 Å². The lowest BCUT2D eigenvalue weighted by Crippen LogP contribution is -2.42. The Morgan fingerprint density at radius 3 is 2.92 bits per heavy atom. The van der Waals surface area contributed by atoms with Crippen LogP contribution in [0.2, 0.25) is 0 Å². The van der Waals surface area contributed by atoms with Crippen LogP contribution in [0.25, 0.3) is 11.3 Å². The number of carbonyl (C=O) groups excluding carboxylic acids is 2. The SMILES string of the molecule is COC(=O)C[C@H](NC(=O)[C@@H]1CCCNC1)c1ccc(-c2ccsc2)nc1. The number of carbonyl (C=O) groups is 2. The number of nitrogens with zero attached hydrogens (tertiary/aromatic N) is 1. The molecule has 3 heterocycles. The molecule has 6 nitrogen and oxygen atoms in total. The van der Waals surface area contributed by atoms with Gasteiger partial charge in [0.15, 0.2) is 0 Å². The van der Waals surface area contributed by atoms with Crippen LogP contribution in [-0.2, 0) is 14.3 Å². The van der Waals surface area contributed by atoms with Gasteiger partial charge in [-0.15, -0.1) is 0 Å². The molecule has 0 radical (unpaired) electrons. The molecule has 2 aromatic heterocycles. The normalized spacial score (nSPS) is 18.1. The number of methoxy groups -OCH3 is 1. The van der Waals surface area contributed by atoms with Gasteiger partial charge in [-0.25, -0.2) is 0 Å². The topological polar surface area (TPSA) is 80.3 Å². The number of rotatable bonds is 6. The number of hydrogen-bond donors (Lipinski definition) is 2. The first-order valence-corrected chi connectivity index (χ1v) is 9.68. The van der Waals surface area contributed by atoms with E-state index >= 15 is 0 Å². The first-order chi connectivity index (χ1) is 12.7. The molecule has 1 fully saturated rings. The van der Waals surface area contributed by atoms with E-state index in [4.69, 9.17) is 4.74 Å². The lowest BCUT2D eigenvalue weighted by Gasteiger charge is -2.25. The van der Waals surface area contributed by atoms with Crippen molar-refractivity contribution >= 4 is 23.2 Å². The van der Waals surface area contributed by atoms with E-state index in [-0.39, 0.29) is 24.2 Å². The number of thiophene rings is 1. The van der Waals surface area contributed by atoms with E-state index in [9.17, 15) is 9.59 Å². The highest BCUT2D eigenvalue weighted by Gasteiger charge is 2.25. The summed E-state index contributed by atoms with van der Waals surface area (Å²) in [6.07, 6.45) is 3.65. The number of piperidine rings is 1. The van der Waals surface area contributed by atoms with Crippen molar-refractivity contribution in [2.45, 2.75) is 25.3 Å². The van der Waals surface area contributed by atoms with Crippen LogP contribution in [0, 0.1) is 5.92 Å². The number of nitrogens with one attached hydrogen (secondary N) is 2. The Hall–Kier alpha value is -2.25. The van der Waals surface area contributed by atoms with Crippen molar-refractivity contribution in [1.29, 1.82) is 0 Å². The minimum Gasteiger partial charge on any atom is -0.469 e. The Labute approximate surface area is 157 Å². The van der Waals surface area contributed by atoms with Gasteiger partial charge in [0.1, 0.15) is 0 Å². The Bertz CT molecular complexity index is 725. The summed E-state index contributed by atoms with van der Waals surface area (Å²) >= 11 is 1.62. The number of hydrogen-bond acceptors (Lipinski definition) is 6. The lowest BCUT2D eigenvalue weighted by molar-refractivity contribution is -0.141. The number of aromatic nitrogens is 1. The molecule has 2 aromatic rings. The third kappa shape index (κ3) is 4.68. The minimum absolute atomic E-state index is 0.0342. The summed E-state index contributed by atoms with van der Waals surface area (Å²) in [6, 6.07) is 5.39. The summed E-state index contributed by atoms with van der Waals surface area (Å²) < 4.78 is 4.79. The maximum atomic E-state index is 12.6. The van der Waals surface area contributed by atoms with Crippen molar-refractivity contribution in [3.8, 4) is 11.3 Å². The summed E-state index contributed by atoms with van der Waals surface area (Å²) in [5.74, 6) is -0.464. The van der Waals surface area contributed by atoms with E-state index in [1.807, 2.05) is 29.0 Å². The van der Waals surface area contributed by atoms with Crippen molar-refractivity contribution < 1.29 is 14.3 Å².